The monoisotopic (exact) mass is 301 g/mol. The van der Waals surface area contributed by atoms with Crippen LogP contribution in [0, 0.1) is 0 Å². The van der Waals surface area contributed by atoms with Crippen molar-refractivity contribution in [3.8, 4) is 0 Å². The minimum atomic E-state index is -3.11. The summed E-state index contributed by atoms with van der Waals surface area (Å²) < 4.78 is 23.5. The Morgan fingerprint density at radius 1 is 1.26 bits per heavy atom. The standard InChI is InChI=1S/C14H20ClNO2S/c1-2-19(17,18)14-8-6-13(7-9-14)16(11-10-15)12-4-3-5-12/h6-9,12H,2-5,10-11H2,1H3. The van der Waals surface area contributed by atoms with Crippen LogP contribution in [0.15, 0.2) is 29.2 Å². The third-order valence-electron chi connectivity index (χ3n) is 3.75. The number of alkyl halides is 1. The normalized spacial score (nSPS) is 16.1. The molecule has 0 atom stereocenters. The smallest absolute Gasteiger partial charge is 0.178 e. The van der Waals surface area contributed by atoms with Crippen molar-refractivity contribution in [1.29, 1.82) is 0 Å². The van der Waals surface area contributed by atoms with Crippen LogP contribution in [0.25, 0.3) is 0 Å². The molecule has 5 heteroatoms. The summed E-state index contributed by atoms with van der Waals surface area (Å²) in [5, 5.41) is 0. The fourth-order valence-corrected chi connectivity index (χ4v) is 3.39. The molecule has 2 rings (SSSR count). The average Bonchev–Trinajstić information content (AvgIpc) is 2.36. The van der Waals surface area contributed by atoms with Gasteiger partial charge in [-0.1, -0.05) is 6.92 Å². The molecule has 0 bridgehead atoms. The first-order chi connectivity index (χ1) is 9.08. The van der Waals surface area contributed by atoms with Crippen LogP contribution in [0.5, 0.6) is 0 Å². The number of halogens is 1. The zero-order valence-electron chi connectivity index (χ0n) is 11.2. The molecule has 0 saturated heterocycles. The zero-order chi connectivity index (χ0) is 13.9. The van der Waals surface area contributed by atoms with Crippen LogP contribution in [0.4, 0.5) is 5.69 Å². The highest BCUT2D eigenvalue weighted by Gasteiger charge is 2.25. The quantitative estimate of drug-likeness (QED) is 0.758. The van der Waals surface area contributed by atoms with Crippen LogP contribution in [0.1, 0.15) is 26.2 Å². The molecular weight excluding hydrogens is 282 g/mol. The number of hydrogen-bond donors (Lipinski definition) is 0. The highest BCUT2D eigenvalue weighted by atomic mass is 35.5. The van der Waals surface area contributed by atoms with E-state index in [1.807, 2.05) is 12.1 Å². The summed E-state index contributed by atoms with van der Waals surface area (Å²) in [5.74, 6) is 0.728. The van der Waals surface area contributed by atoms with Gasteiger partial charge in [-0.15, -0.1) is 11.6 Å². The third-order valence-corrected chi connectivity index (χ3v) is 5.67. The molecule has 0 radical (unpaired) electrons. The van der Waals surface area contributed by atoms with Crippen molar-refractivity contribution in [2.45, 2.75) is 37.1 Å². The summed E-state index contributed by atoms with van der Waals surface area (Å²) in [6.07, 6.45) is 3.67. The Morgan fingerprint density at radius 3 is 2.32 bits per heavy atom. The van der Waals surface area contributed by atoms with Gasteiger partial charge in [0.1, 0.15) is 0 Å². The summed E-state index contributed by atoms with van der Waals surface area (Å²) in [4.78, 5) is 2.69. The predicted octanol–water partition coefficient (Wildman–Crippen LogP) is 3.08. The van der Waals surface area contributed by atoms with E-state index in [9.17, 15) is 8.42 Å². The molecule has 1 aromatic carbocycles. The Hall–Kier alpha value is -0.740. The molecule has 0 unspecified atom stereocenters. The molecule has 0 N–H and O–H groups in total. The van der Waals surface area contributed by atoms with Gasteiger partial charge in [-0.3, -0.25) is 0 Å². The van der Waals surface area contributed by atoms with E-state index < -0.39 is 9.84 Å². The number of anilines is 1. The Balaban J connectivity index is 2.20. The van der Waals surface area contributed by atoms with Crippen LogP contribution in [-0.4, -0.2) is 32.6 Å². The van der Waals surface area contributed by atoms with Gasteiger partial charge in [-0.25, -0.2) is 8.42 Å². The molecular formula is C14H20ClNO2S. The van der Waals surface area contributed by atoms with Crippen molar-refractivity contribution >= 4 is 27.1 Å². The second-order valence-corrected chi connectivity index (χ2v) is 7.52. The van der Waals surface area contributed by atoms with Crippen molar-refractivity contribution < 1.29 is 8.42 Å². The van der Waals surface area contributed by atoms with Gasteiger partial charge in [-0.05, 0) is 43.5 Å². The summed E-state index contributed by atoms with van der Waals surface area (Å²) in [6.45, 7) is 2.48. The molecule has 106 valence electrons. The lowest BCUT2D eigenvalue weighted by molar-refractivity contribution is 0.390. The van der Waals surface area contributed by atoms with Gasteiger partial charge in [0.15, 0.2) is 9.84 Å². The van der Waals surface area contributed by atoms with E-state index in [0.29, 0.717) is 16.8 Å². The van der Waals surface area contributed by atoms with Gasteiger partial charge < -0.3 is 4.90 Å². The highest BCUT2D eigenvalue weighted by molar-refractivity contribution is 7.91. The summed E-state index contributed by atoms with van der Waals surface area (Å²) in [7, 11) is -3.11. The predicted molar refractivity (Wildman–Crippen MR) is 79.9 cm³/mol. The number of benzene rings is 1. The van der Waals surface area contributed by atoms with Crippen LogP contribution < -0.4 is 4.90 Å². The maximum atomic E-state index is 11.8. The first kappa shape index (κ1) is 14.7. The van der Waals surface area contributed by atoms with E-state index in [1.165, 1.54) is 19.3 Å². The highest BCUT2D eigenvalue weighted by Crippen LogP contribution is 2.30. The second-order valence-electron chi connectivity index (χ2n) is 4.86. The Morgan fingerprint density at radius 2 is 1.89 bits per heavy atom. The van der Waals surface area contributed by atoms with E-state index in [4.69, 9.17) is 11.6 Å². The zero-order valence-corrected chi connectivity index (χ0v) is 12.8. The van der Waals surface area contributed by atoms with Gasteiger partial charge in [0.25, 0.3) is 0 Å². The fourth-order valence-electron chi connectivity index (χ4n) is 2.32. The van der Waals surface area contributed by atoms with Gasteiger partial charge in [-0.2, -0.15) is 0 Å². The molecule has 1 aromatic rings. The Kier molecular flexibility index (Phi) is 4.74. The lowest BCUT2D eigenvalue weighted by Gasteiger charge is -2.39. The first-order valence-corrected chi connectivity index (χ1v) is 8.92. The molecule has 0 aromatic heterocycles. The first-order valence-electron chi connectivity index (χ1n) is 6.74. The van der Waals surface area contributed by atoms with Crippen molar-refractivity contribution in [1.82, 2.24) is 0 Å². The van der Waals surface area contributed by atoms with E-state index in [2.05, 4.69) is 4.90 Å². The summed E-state index contributed by atoms with van der Waals surface area (Å²) in [5.41, 5.74) is 1.07. The molecule has 0 heterocycles. The topological polar surface area (TPSA) is 37.4 Å². The second kappa shape index (κ2) is 6.14. The lowest BCUT2D eigenvalue weighted by atomic mass is 9.91. The number of nitrogens with zero attached hydrogens (tertiary/aromatic N) is 1. The van der Waals surface area contributed by atoms with E-state index in [0.717, 1.165) is 12.2 Å². The molecule has 19 heavy (non-hydrogen) atoms. The van der Waals surface area contributed by atoms with Crippen LogP contribution in [-0.2, 0) is 9.84 Å². The number of sulfone groups is 1. The van der Waals surface area contributed by atoms with Crippen molar-refractivity contribution in [2.24, 2.45) is 0 Å². The molecule has 0 aliphatic heterocycles. The van der Waals surface area contributed by atoms with E-state index in [-0.39, 0.29) is 5.75 Å². The van der Waals surface area contributed by atoms with Crippen LogP contribution >= 0.6 is 11.6 Å². The third kappa shape index (κ3) is 3.23. The fraction of sp³-hybridized carbons (Fsp3) is 0.571. The molecule has 0 spiro atoms. The largest absolute Gasteiger partial charge is 0.367 e. The maximum absolute atomic E-state index is 11.8. The number of hydrogen-bond acceptors (Lipinski definition) is 3. The van der Waals surface area contributed by atoms with Crippen LogP contribution in [0.2, 0.25) is 0 Å². The Labute approximate surface area is 120 Å². The average molecular weight is 302 g/mol. The van der Waals surface area contributed by atoms with Gasteiger partial charge in [0.2, 0.25) is 0 Å². The van der Waals surface area contributed by atoms with Crippen LogP contribution in [0.3, 0.4) is 0 Å². The van der Waals surface area contributed by atoms with Crippen molar-refractivity contribution in [3.05, 3.63) is 24.3 Å². The van der Waals surface area contributed by atoms with Gasteiger partial charge >= 0.3 is 0 Å². The molecule has 1 saturated carbocycles. The molecule has 1 aliphatic rings. The SMILES string of the molecule is CCS(=O)(=O)c1ccc(N(CCCl)C2CCC2)cc1. The molecule has 3 nitrogen and oxygen atoms in total. The van der Waals surface area contributed by atoms with E-state index >= 15 is 0 Å². The Bertz CT molecular complexity index is 509. The van der Waals surface area contributed by atoms with E-state index in [1.54, 1.807) is 19.1 Å². The molecule has 1 aliphatic carbocycles. The molecule has 1 fully saturated rings. The lowest BCUT2D eigenvalue weighted by Crippen LogP contribution is -2.41. The van der Waals surface area contributed by atoms with Gasteiger partial charge in [0, 0.05) is 24.2 Å². The maximum Gasteiger partial charge on any atom is 0.178 e. The van der Waals surface area contributed by atoms with Gasteiger partial charge in [0.05, 0.1) is 10.6 Å². The summed E-state index contributed by atoms with van der Waals surface area (Å²) >= 11 is 5.86. The number of rotatable bonds is 6. The van der Waals surface area contributed by atoms with Crippen molar-refractivity contribution in [3.63, 3.8) is 0 Å². The molecule has 0 amide bonds. The minimum Gasteiger partial charge on any atom is -0.367 e. The summed E-state index contributed by atoms with van der Waals surface area (Å²) in [6, 6.07) is 7.76. The minimum absolute atomic E-state index is 0.139. The van der Waals surface area contributed by atoms with Crippen molar-refractivity contribution in [2.75, 3.05) is 23.1 Å².